The Hall–Kier alpha value is -2.38. The number of amides is 1. The molecule has 170 valence electrons. The minimum atomic E-state index is -2.42. The van der Waals surface area contributed by atoms with Crippen LogP contribution < -0.4 is 5.73 Å². The largest absolute Gasteiger partial charge is 0.463 e. The number of rotatable bonds is 9. The van der Waals surface area contributed by atoms with Gasteiger partial charge in [-0.1, -0.05) is 0 Å². The molecule has 13 heteroatoms. The molecule has 0 radical (unpaired) electrons. The predicted octanol–water partition coefficient (Wildman–Crippen LogP) is -0.738. The fourth-order valence-electron chi connectivity index (χ4n) is 2.80. The predicted molar refractivity (Wildman–Crippen MR) is 99.6 cm³/mol. The third kappa shape index (κ3) is 6.57. The minimum Gasteiger partial charge on any atom is -0.463 e. The molecule has 1 amide bonds. The summed E-state index contributed by atoms with van der Waals surface area (Å²) < 4.78 is 31.8. The van der Waals surface area contributed by atoms with Gasteiger partial charge in [0.2, 0.25) is 6.10 Å². The molecule has 1 rings (SSSR count). The zero-order chi connectivity index (χ0) is 23.1. The average molecular weight is 451 g/mol. The molecular weight excluding hydrogens is 426 g/mol. The molecule has 1 fully saturated rings. The van der Waals surface area contributed by atoms with E-state index < -0.39 is 66.6 Å². The molecule has 0 saturated carbocycles. The topological polar surface area (TPSA) is 167 Å². The molecule has 1 aliphatic heterocycles. The Balaban J connectivity index is 3.59. The van der Waals surface area contributed by atoms with Gasteiger partial charge in [-0.15, -0.1) is 11.8 Å². The van der Waals surface area contributed by atoms with Crippen molar-refractivity contribution in [3.05, 3.63) is 0 Å². The fraction of sp³-hybridized carbons (Fsp3) is 0.706. The summed E-state index contributed by atoms with van der Waals surface area (Å²) >= 11 is 1.15. The summed E-state index contributed by atoms with van der Waals surface area (Å²) in [6.45, 7) is 3.79. The Kier molecular flexibility index (Phi) is 9.52. The van der Waals surface area contributed by atoms with Crippen molar-refractivity contribution in [1.82, 2.24) is 0 Å². The number of esters is 4. The van der Waals surface area contributed by atoms with E-state index in [0.29, 0.717) is 0 Å². The van der Waals surface area contributed by atoms with Crippen LogP contribution >= 0.6 is 11.8 Å². The highest BCUT2D eigenvalue weighted by atomic mass is 32.2. The van der Waals surface area contributed by atoms with Crippen molar-refractivity contribution in [2.75, 3.05) is 18.8 Å². The molecule has 1 heterocycles. The molecule has 30 heavy (non-hydrogen) atoms. The van der Waals surface area contributed by atoms with Gasteiger partial charge in [-0.05, 0) is 6.26 Å². The van der Waals surface area contributed by atoms with Crippen molar-refractivity contribution >= 4 is 41.5 Å². The number of thioether (sulfide) groups is 1. The first-order valence-corrected chi connectivity index (χ1v) is 10.1. The van der Waals surface area contributed by atoms with E-state index in [0.717, 1.165) is 39.5 Å². The van der Waals surface area contributed by atoms with Crippen LogP contribution in [0.2, 0.25) is 0 Å². The molecule has 1 aliphatic rings. The smallest absolute Gasteiger partial charge is 0.303 e. The van der Waals surface area contributed by atoms with Gasteiger partial charge in [0.15, 0.2) is 12.2 Å². The summed E-state index contributed by atoms with van der Waals surface area (Å²) in [5, 5.41) is 0. The van der Waals surface area contributed by atoms with Crippen molar-refractivity contribution in [3.63, 3.8) is 0 Å². The zero-order valence-corrected chi connectivity index (χ0v) is 18.0. The highest BCUT2D eigenvalue weighted by molar-refractivity contribution is 7.98. The number of hydrogen-bond acceptors (Lipinski definition) is 12. The molecule has 0 aromatic heterocycles. The second-order valence-corrected chi connectivity index (χ2v) is 7.03. The van der Waals surface area contributed by atoms with E-state index in [1.165, 1.54) is 0 Å². The van der Waals surface area contributed by atoms with Crippen LogP contribution in [-0.2, 0) is 52.4 Å². The van der Waals surface area contributed by atoms with Gasteiger partial charge in [-0.25, -0.2) is 0 Å². The SMILES string of the molecule is CSCO[C@]1(C(N)=O)O[C@H](COC(C)=O)[C@H](OC(C)=O)[C@H](OC(C)=O)[C@H]1OC(C)=O. The monoisotopic (exact) mass is 451 g/mol. The number of primary amides is 1. The maximum Gasteiger partial charge on any atom is 0.303 e. The van der Waals surface area contributed by atoms with E-state index in [-0.39, 0.29) is 5.94 Å². The first kappa shape index (κ1) is 25.7. The van der Waals surface area contributed by atoms with E-state index in [4.69, 9.17) is 34.2 Å². The van der Waals surface area contributed by atoms with Crippen LogP contribution in [0.3, 0.4) is 0 Å². The normalized spacial score (nSPS) is 28.2. The van der Waals surface area contributed by atoms with Crippen molar-refractivity contribution < 1.29 is 52.4 Å². The maximum atomic E-state index is 12.4. The molecule has 0 aromatic rings. The summed E-state index contributed by atoms with van der Waals surface area (Å²) in [5.41, 5.74) is 5.52. The third-order valence-electron chi connectivity index (χ3n) is 3.77. The third-order valence-corrected chi connectivity index (χ3v) is 4.13. The van der Waals surface area contributed by atoms with E-state index in [1.54, 1.807) is 6.26 Å². The molecule has 0 aliphatic carbocycles. The van der Waals surface area contributed by atoms with Crippen molar-refractivity contribution in [3.8, 4) is 0 Å². The second-order valence-electron chi connectivity index (χ2n) is 6.22. The van der Waals surface area contributed by atoms with Gasteiger partial charge in [0.25, 0.3) is 11.7 Å². The Morgan fingerprint density at radius 3 is 1.87 bits per heavy atom. The van der Waals surface area contributed by atoms with Crippen LogP contribution in [0.25, 0.3) is 0 Å². The van der Waals surface area contributed by atoms with Gasteiger partial charge in [-0.2, -0.15) is 0 Å². The molecule has 5 atom stereocenters. The zero-order valence-electron chi connectivity index (χ0n) is 17.2. The van der Waals surface area contributed by atoms with Gasteiger partial charge in [-0.3, -0.25) is 24.0 Å². The molecule has 0 spiro atoms. The van der Waals surface area contributed by atoms with Gasteiger partial charge in [0.05, 0.1) is 5.94 Å². The summed E-state index contributed by atoms with van der Waals surface area (Å²) in [6.07, 6.45) is -4.39. The quantitative estimate of drug-likeness (QED) is 0.265. The second kappa shape index (κ2) is 11.1. The summed E-state index contributed by atoms with van der Waals surface area (Å²) in [5.74, 6) is -6.96. The van der Waals surface area contributed by atoms with Gasteiger partial charge < -0.3 is 34.2 Å². The first-order valence-electron chi connectivity index (χ1n) is 8.70. The van der Waals surface area contributed by atoms with Crippen molar-refractivity contribution in [2.45, 2.75) is 57.9 Å². The molecule has 0 bridgehead atoms. The lowest BCUT2D eigenvalue weighted by Crippen LogP contribution is -2.72. The number of ether oxygens (including phenoxy) is 6. The van der Waals surface area contributed by atoms with Crippen LogP contribution in [-0.4, -0.2) is 78.8 Å². The lowest BCUT2D eigenvalue weighted by atomic mass is 9.91. The van der Waals surface area contributed by atoms with Gasteiger partial charge in [0, 0.05) is 27.7 Å². The van der Waals surface area contributed by atoms with Gasteiger partial charge in [0.1, 0.15) is 12.7 Å². The van der Waals surface area contributed by atoms with Crippen LogP contribution in [0.4, 0.5) is 0 Å². The number of carbonyl (C=O) groups is 5. The first-order chi connectivity index (χ1) is 13.9. The lowest BCUT2D eigenvalue weighted by molar-refractivity contribution is -0.343. The Bertz CT molecular complexity index is 685. The van der Waals surface area contributed by atoms with Gasteiger partial charge >= 0.3 is 23.9 Å². The van der Waals surface area contributed by atoms with E-state index >= 15 is 0 Å². The maximum absolute atomic E-state index is 12.4. The minimum absolute atomic E-state index is 0.133. The van der Waals surface area contributed by atoms with Crippen LogP contribution in [0.15, 0.2) is 0 Å². The molecular formula is C17H25NO11S. The van der Waals surface area contributed by atoms with Crippen LogP contribution in [0.5, 0.6) is 0 Å². The molecule has 12 nitrogen and oxygen atoms in total. The van der Waals surface area contributed by atoms with E-state index in [9.17, 15) is 24.0 Å². The Morgan fingerprint density at radius 2 is 1.43 bits per heavy atom. The number of hydrogen-bond donors (Lipinski definition) is 1. The Labute approximate surface area is 177 Å². The van der Waals surface area contributed by atoms with Crippen molar-refractivity contribution in [2.24, 2.45) is 5.73 Å². The molecule has 0 aromatic carbocycles. The van der Waals surface area contributed by atoms with Crippen LogP contribution in [0, 0.1) is 0 Å². The number of nitrogens with two attached hydrogens (primary N) is 1. The Morgan fingerprint density at radius 1 is 0.900 bits per heavy atom. The van der Waals surface area contributed by atoms with Crippen LogP contribution in [0.1, 0.15) is 27.7 Å². The summed E-state index contributed by atoms with van der Waals surface area (Å²) in [4.78, 5) is 58.9. The lowest BCUT2D eigenvalue weighted by Gasteiger charge is -2.48. The van der Waals surface area contributed by atoms with E-state index in [2.05, 4.69) is 0 Å². The van der Waals surface area contributed by atoms with E-state index in [1.807, 2.05) is 0 Å². The molecule has 1 saturated heterocycles. The molecule has 0 unspecified atom stereocenters. The summed E-state index contributed by atoms with van der Waals surface area (Å²) in [6, 6.07) is 0. The van der Waals surface area contributed by atoms with Crippen molar-refractivity contribution in [1.29, 1.82) is 0 Å². The highest BCUT2D eigenvalue weighted by Gasteiger charge is 2.64. The summed E-state index contributed by atoms with van der Waals surface area (Å²) in [7, 11) is 0. The molecule has 2 N–H and O–H groups in total. The average Bonchev–Trinajstić information content (AvgIpc) is 2.61. The highest BCUT2D eigenvalue weighted by Crippen LogP contribution is 2.37. The number of carbonyl (C=O) groups excluding carboxylic acids is 5. The standard InChI is InChI=1S/C17H25NO11S/c1-8(19)24-6-12-13(26-9(2)20)14(27-10(3)21)15(28-11(4)22)17(29-12,16(18)23)25-7-30-5/h12-15H,6-7H2,1-5H3,(H2,18,23)/t12-,13+,14+,15-,17+/m1/s1. The fourth-order valence-corrected chi connectivity index (χ4v) is 3.09.